The number of nitrogens with one attached hydrogen (secondary N) is 1. The van der Waals surface area contributed by atoms with Crippen LogP contribution in [0.3, 0.4) is 0 Å². The van der Waals surface area contributed by atoms with Gasteiger partial charge in [-0.25, -0.2) is 18.1 Å². The maximum absolute atomic E-state index is 11.6. The second kappa shape index (κ2) is 4.34. The van der Waals surface area contributed by atoms with Gasteiger partial charge in [0.1, 0.15) is 5.82 Å². The Morgan fingerprint density at radius 1 is 1.73 bits per heavy atom. The number of rotatable bonds is 4. The van der Waals surface area contributed by atoms with Crippen LogP contribution in [0.1, 0.15) is 5.82 Å². The molecule has 0 saturated heterocycles. The molecule has 0 spiro atoms. The lowest BCUT2D eigenvalue weighted by Crippen LogP contribution is -2.25. The predicted molar refractivity (Wildman–Crippen MR) is 58.1 cm³/mol. The van der Waals surface area contributed by atoms with Crippen molar-refractivity contribution in [1.29, 1.82) is 0 Å². The van der Waals surface area contributed by atoms with Gasteiger partial charge in [0.2, 0.25) is 0 Å². The van der Waals surface area contributed by atoms with E-state index in [-0.39, 0.29) is 16.6 Å². The Bertz CT molecular complexity index is 459. The van der Waals surface area contributed by atoms with E-state index in [0.717, 1.165) is 0 Å². The molecule has 0 aromatic carbocycles. The van der Waals surface area contributed by atoms with E-state index in [1.54, 1.807) is 18.5 Å². The third kappa shape index (κ3) is 3.05. The highest BCUT2D eigenvalue weighted by Gasteiger charge is 2.17. The summed E-state index contributed by atoms with van der Waals surface area (Å²) in [5.41, 5.74) is 0. The van der Waals surface area contributed by atoms with Crippen LogP contribution in [-0.2, 0) is 17.1 Å². The van der Waals surface area contributed by atoms with Gasteiger partial charge in [-0.05, 0) is 6.92 Å². The number of nitrogens with zero attached hydrogens (tertiary/aromatic N) is 2. The minimum absolute atomic E-state index is 0.000485. The standard InChI is InChI=1S/C8H12ClN3O2S/c1-6(9)4-10-15(13,14)8-5-12(3)7(2)11-8/h5,10H,1,4H2,2-3H3. The monoisotopic (exact) mass is 249 g/mol. The van der Waals surface area contributed by atoms with Crippen molar-refractivity contribution < 1.29 is 8.42 Å². The Morgan fingerprint density at radius 3 is 2.73 bits per heavy atom. The first-order valence-corrected chi connectivity index (χ1v) is 6.02. The molecular weight excluding hydrogens is 238 g/mol. The maximum Gasteiger partial charge on any atom is 0.259 e. The van der Waals surface area contributed by atoms with Gasteiger partial charge < -0.3 is 4.57 Å². The molecule has 7 heteroatoms. The second-order valence-electron chi connectivity index (χ2n) is 3.08. The minimum Gasteiger partial charge on any atom is -0.337 e. The summed E-state index contributed by atoms with van der Waals surface area (Å²) in [6.45, 7) is 5.11. The van der Waals surface area contributed by atoms with Gasteiger partial charge in [0, 0.05) is 24.8 Å². The van der Waals surface area contributed by atoms with E-state index < -0.39 is 10.0 Å². The first-order chi connectivity index (χ1) is 6.83. The number of sulfonamides is 1. The molecule has 84 valence electrons. The van der Waals surface area contributed by atoms with Crippen LogP contribution in [0.2, 0.25) is 0 Å². The molecule has 0 fully saturated rings. The summed E-state index contributed by atoms with van der Waals surface area (Å²) >= 11 is 5.46. The number of imidazole rings is 1. The Kier molecular flexibility index (Phi) is 3.54. The first-order valence-electron chi connectivity index (χ1n) is 4.16. The highest BCUT2D eigenvalue weighted by atomic mass is 35.5. The molecule has 15 heavy (non-hydrogen) atoms. The molecule has 1 rings (SSSR count). The zero-order chi connectivity index (χ0) is 11.6. The molecule has 1 N–H and O–H groups in total. The molecular formula is C8H12ClN3O2S. The smallest absolute Gasteiger partial charge is 0.259 e. The summed E-state index contributed by atoms with van der Waals surface area (Å²) in [5, 5.41) is 0.214. The van der Waals surface area contributed by atoms with Crippen molar-refractivity contribution in [2.24, 2.45) is 7.05 Å². The van der Waals surface area contributed by atoms with Crippen molar-refractivity contribution in [3.8, 4) is 0 Å². The normalized spacial score (nSPS) is 11.7. The minimum atomic E-state index is -3.58. The van der Waals surface area contributed by atoms with Gasteiger partial charge in [-0.3, -0.25) is 0 Å². The maximum atomic E-state index is 11.6. The van der Waals surface area contributed by atoms with Crippen LogP contribution >= 0.6 is 11.6 Å². The van der Waals surface area contributed by atoms with Crippen molar-refractivity contribution in [2.45, 2.75) is 11.9 Å². The van der Waals surface area contributed by atoms with Gasteiger partial charge in [0.05, 0.1) is 0 Å². The predicted octanol–water partition coefficient (Wildman–Crippen LogP) is 0.759. The SMILES string of the molecule is C=C(Cl)CNS(=O)(=O)c1cn(C)c(C)n1. The van der Waals surface area contributed by atoms with Crippen LogP contribution in [0, 0.1) is 6.92 Å². The van der Waals surface area contributed by atoms with Gasteiger partial charge >= 0.3 is 0 Å². The van der Waals surface area contributed by atoms with Crippen molar-refractivity contribution in [2.75, 3.05) is 6.54 Å². The van der Waals surface area contributed by atoms with Crippen LogP contribution < -0.4 is 4.72 Å². The molecule has 1 aromatic heterocycles. The molecule has 0 saturated carbocycles. The summed E-state index contributed by atoms with van der Waals surface area (Å²) in [7, 11) is -1.86. The van der Waals surface area contributed by atoms with E-state index in [9.17, 15) is 8.42 Å². The van der Waals surface area contributed by atoms with E-state index in [1.807, 2.05) is 0 Å². The van der Waals surface area contributed by atoms with Crippen LogP contribution in [0.15, 0.2) is 22.8 Å². The van der Waals surface area contributed by atoms with E-state index in [1.165, 1.54) is 6.20 Å². The van der Waals surface area contributed by atoms with E-state index in [4.69, 9.17) is 11.6 Å². The molecule has 5 nitrogen and oxygen atoms in total. The Balaban J connectivity index is 2.91. The molecule has 0 aliphatic heterocycles. The zero-order valence-corrected chi connectivity index (χ0v) is 10.1. The quantitative estimate of drug-likeness (QED) is 0.857. The number of halogens is 1. The second-order valence-corrected chi connectivity index (χ2v) is 5.33. The summed E-state index contributed by atoms with van der Waals surface area (Å²) in [6.07, 6.45) is 1.44. The fourth-order valence-corrected chi connectivity index (χ4v) is 2.11. The van der Waals surface area contributed by atoms with Crippen molar-refractivity contribution in [1.82, 2.24) is 14.3 Å². The van der Waals surface area contributed by atoms with Gasteiger partial charge in [0.25, 0.3) is 10.0 Å². The van der Waals surface area contributed by atoms with Gasteiger partial charge in [-0.1, -0.05) is 18.2 Å². The van der Waals surface area contributed by atoms with Crippen LogP contribution in [0.5, 0.6) is 0 Å². The lowest BCUT2D eigenvalue weighted by Gasteiger charge is -2.01. The number of hydrogen-bond acceptors (Lipinski definition) is 3. The summed E-state index contributed by atoms with van der Waals surface area (Å²) in [6, 6.07) is 0. The Hall–Kier alpha value is -0.850. The van der Waals surface area contributed by atoms with Crippen molar-refractivity contribution in [3.05, 3.63) is 23.6 Å². The van der Waals surface area contributed by atoms with Gasteiger partial charge in [-0.15, -0.1) is 0 Å². The lowest BCUT2D eigenvalue weighted by molar-refractivity contribution is 0.582. The lowest BCUT2D eigenvalue weighted by atomic mass is 10.7. The highest BCUT2D eigenvalue weighted by molar-refractivity contribution is 7.89. The molecule has 0 amide bonds. The van der Waals surface area contributed by atoms with E-state index in [2.05, 4.69) is 16.3 Å². The molecule has 1 aromatic rings. The molecule has 0 aliphatic rings. The summed E-state index contributed by atoms with van der Waals surface area (Å²) < 4.78 is 27.1. The fourth-order valence-electron chi connectivity index (χ4n) is 0.903. The zero-order valence-electron chi connectivity index (χ0n) is 8.49. The van der Waals surface area contributed by atoms with Gasteiger partial charge in [-0.2, -0.15) is 0 Å². The first kappa shape index (κ1) is 12.2. The van der Waals surface area contributed by atoms with Crippen molar-refractivity contribution >= 4 is 21.6 Å². The van der Waals surface area contributed by atoms with Crippen LogP contribution in [0.25, 0.3) is 0 Å². The third-order valence-corrected chi connectivity index (χ3v) is 3.22. The summed E-state index contributed by atoms with van der Waals surface area (Å²) in [4.78, 5) is 3.90. The number of aromatic nitrogens is 2. The Morgan fingerprint density at radius 2 is 2.33 bits per heavy atom. The average molecular weight is 250 g/mol. The topological polar surface area (TPSA) is 64.0 Å². The Labute approximate surface area is 93.8 Å². The molecule has 0 unspecified atom stereocenters. The van der Waals surface area contributed by atoms with Crippen LogP contribution in [-0.4, -0.2) is 24.5 Å². The molecule has 1 heterocycles. The molecule has 0 atom stereocenters. The largest absolute Gasteiger partial charge is 0.337 e. The van der Waals surface area contributed by atoms with Crippen molar-refractivity contribution in [3.63, 3.8) is 0 Å². The van der Waals surface area contributed by atoms with Gasteiger partial charge in [0.15, 0.2) is 5.03 Å². The number of hydrogen-bond donors (Lipinski definition) is 1. The number of aryl methyl sites for hydroxylation is 2. The highest BCUT2D eigenvalue weighted by Crippen LogP contribution is 2.07. The van der Waals surface area contributed by atoms with E-state index >= 15 is 0 Å². The fraction of sp³-hybridized carbons (Fsp3) is 0.375. The van der Waals surface area contributed by atoms with E-state index in [0.29, 0.717) is 5.82 Å². The molecule has 0 radical (unpaired) electrons. The summed E-state index contributed by atoms with van der Waals surface area (Å²) in [5.74, 6) is 0.625. The molecule has 0 bridgehead atoms. The average Bonchev–Trinajstić information content (AvgIpc) is 2.45. The van der Waals surface area contributed by atoms with Crippen LogP contribution in [0.4, 0.5) is 0 Å². The third-order valence-electron chi connectivity index (χ3n) is 1.82. The molecule has 0 aliphatic carbocycles.